The van der Waals surface area contributed by atoms with Crippen LogP contribution in [0, 0.1) is 12.8 Å². The second-order valence-electron chi connectivity index (χ2n) is 9.76. The van der Waals surface area contributed by atoms with Crippen molar-refractivity contribution in [2.24, 2.45) is 5.92 Å². The minimum atomic E-state index is -0.917. The van der Waals surface area contributed by atoms with Gasteiger partial charge in [-0.1, -0.05) is 39.7 Å². The van der Waals surface area contributed by atoms with Gasteiger partial charge in [0.1, 0.15) is 23.4 Å². The molecular formula is C25H41N3O5. The molecule has 3 N–H and O–H groups in total. The molecule has 2 atom stereocenters. The van der Waals surface area contributed by atoms with Gasteiger partial charge in [-0.25, -0.2) is 4.79 Å². The van der Waals surface area contributed by atoms with Crippen LogP contribution in [-0.4, -0.2) is 53.1 Å². The summed E-state index contributed by atoms with van der Waals surface area (Å²) in [5, 5.41) is 15.5. The normalized spacial score (nSPS) is 13.2. The van der Waals surface area contributed by atoms with Crippen molar-refractivity contribution in [2.75, 3.05) is 13.6 Å². The number of hydrogen-bond donors (Lipinski definition) is 3. The Balaban J connectivity index is 3.20. The van der Waals surface area contributed by atoms with Gasteiger partial charge >= 0.3 is 6.09 Å². The standard InChI is InChI=1S/C25H41N3O5/c1-9-10-11-14-26-22(30)21(18-12-13-19(29)17(4)15-18)28(8)23(31)20(16(2)3)27-24(32)33-25(5,6)7/h12-13,15-16,20-21,29H,9-11,14H2,1-8H3,(H,26,30)(H,27,32). The number of hydrogen-bond acceptors (Lipinski definition) is 5. The van der Waals surface area contributed by atoms with Crippen molar-refractivity contribution < 1.29 is 24.2 Å². The number of amides is 3. The Morgan fingerprint density at radius 3 is 2.30 bits per heavy atom. The van der Waals surface area contributed by atoms with Crippen molar-refractivity contribution >= 4 is 17.9 Å². The Morgan fingerprint density at radius 1 is 1.15 bits per heavy atom. The Morgan fingerprint density at radius 2 is 1.79 bits per heavy atom. The third-order valence-corrected chi connectivity index (χ3v) is 5.20. The Kier molecular flexibility index (Phi) is 10.7. The van der Waals surface area contributed by atoms with Gasteiger partial charge in [0.25, 0.3) is 0 Å². The average Bonchev–Trinajstić information content (AvgIpc) is 2.70. The van der Waals surface area contributed by atoms with E-state index in [1.165, 1.54) is 11.0 Å². The van der Waals surface area contributed by atoms with E-state index in [4.69, 9.17) is 4.74 Å². The number of likely N-dealkylation sites (N-methyl/N-ethyl adjacent to an activating group) is 1. The van der Waals surface area contributed by atoms with Crippen molar-refractivity contribution in [2.45, 2.75) is 85.4 Å². The number of nitrogens with zero attached hydrogens (tertiary/aromatic N) is 1. The lowest BCUT2D eigenvalue weighted by molar-refractivity contribution is -0.141. The number of nitrogens with one attached hydrogen (secondary N) is 2. The second kappa shape index (κ2) is 12.5. The van der Waals surface area contributed by atoms with E-state index in [2.05, 4.69) is 17.6 Å². The number of unbranched alkanes of at least 4 members (excludes halogenated alkanes) is 2. The predicted molar refractivity (Wildman–Crippen MR) is 129 cm³/mol. The van der Waals surface area contributed by atoms with E-state index in [9.17, 15) is 19.5 Å². The number of phenolic OH excluding ortho intramolecular Hbond substituents is 1. The van der Waals surface area contributed by atoms with Crippen LogP contribution in [-0.2, 0) is 14.3 Å². The summed E-state index contributed by atoms with van der Waals surface area (Å²) in [6, 6.07) is 3.05. The molecule has 0 radical (unpaired) electrons. The lowest BCUT2D eigenvalue weighted by Crippen LogP contribution is -2.53. The van der Waals surface area contributed by atoms with Crippen LogP contribution in [0.1, 0.15) is 78.0 Å². The zero-order valence-electron chi connectivity index (χ0n) is 21.3. The van der Waals surface area contributed by atoms with Crippen LogP contribution in [0.2, 0.25) is 0 Å². The maximum atomic E-state index is 13.5. The Hall–Kier alpha value is -2.77. The van der Waals surface area contributed by atoms with Gasteiger partial charge in [0.15, 0.2) is 0 Å². The summed E-state index contributed by atoms with van der Waals surface area (Å²) in [6.45, 7) is 13.2. The first-order chi connectivity index (χ1) is 15.3. The van der Waals surface area contributed by atoms with Crippen LogP contribution < -0.4 is 10.6 Å². The largest absolute Gasteiger partial charge is 0.508 e. The van der Waals surface area contributed by atoms with Crippen molar-refractivity contribution in [1.29, 1.82) is 0 Å². The number of benzene rings is 1. The second-order valence-corrected chi connectivity index (χ2v) is 9.76. The summed E-state index contributed by atoms with van der Waals surface area (Å²) < 4.78 is 5.32. The van der Waals surface area contributed by atoms with Crippen LogP contribution in [0.3, 0.4) is 0 Å². The van der Waals surface area contributed by atoms with Gasteiger partial charge in [0.2, 0.25) is 11.8 Å². The molecule has 0 aromatic heterocycles. The minimum absolute atomic E-state index is 0.112. The van der Waals surface area contributed by atoms with E-state index in [1.807, 2.05) is 13.8 Å². The Labute approximate surface area is 198 Å². The maximum absolute atomic E-state index is 13.5. The SMILES string of the molecule is CCCCCNC(=O)C(c1ccc(O)c(C)c1)N(C)C(=O)C(NC(=O)OC(C)(C)C)C(C)C. The minimum Gasteiger partial charge on any atom is -0.508 e. The van der Waals surface area contributed by atoms with Crippen LogP contribution in [0.4, 0.5) is 4.79 Å². The molecule has 186 valence electrons. The number of alkyl carbamates (subject to hydrolysis) is 1. The summed E-state index contributed by atoms with van der Waals surface area (Å²) in [6.07, 6.45) is 2.17. The van der Waals surface area contributed by atoms with E-state index < -0.39 is 29.7 Å². The molecule has 0 saturated carbocycles. The molecule has 8 heteroatoms. The van der Waals surface area contributed by atoms with Crippen molar-refractivity contribution in [3.63, 3.8) is 0 Å². The number of ether oxygens (including phenoxy) is 1. The first-order valence-electron chi connectivity index (χ1n) is 11.6. The van der Waals surface area contributed by atoms with Crippen molar-refractivity contribution in [3.05, 3.63) is 29.3 Å². The summed E-state index contributed by atoms with van der Waals surface area (Å²) in [4.78, 5) is 40.3. The molecule has 0 fully saturated rings. The summed E-state index contributed by atoms with van der Waals surface area (Å²) in [7, 11) is 1.55. The predicted octanol–water partition coefficient (Wildman–Crippen LogP) is 4.06. The number of carbonyl (C=O) groups is 3. The molecule has 3 amide bonds. The van der Waals surface area contributed by atoms with E-state index in [0.29, 0.717) is 17.7 Å². The molecule has 0 spiro atoms. The van der Waals surface area contributed by atoms with Gasteiger partial charge in [-0.15, -0.1) is 0 Å². The molecule has 1 aromatic rings. The van der Waals surface area contributed by atoms with Gasteiger partial charge in [0.05, 0.1) is 0 Å². The molecule has 0 aliphatic heterocycles. The van der Waals surface area contributed by atoms with E-state index in [-0.39, 0.29) is 17.6 Å². The molecule has 0 heterocycles. The summed E-state index contributed by atoms with van der Waals surface area (Å²) >= 11 is 0. The smallest absolute Gasteiger partial charge is 0.408 e. The van der Waals surface area contributed by atoms with Crippen molar-refractivity contribution in [1.82, 2.24) is 15.5 Å². The lowest BCUT2D eigenvalue weighted by Gasteiger charge is -2.33. The van der Waals surface area contributed by atoms with E-state index in [0.717, 1.165) is 19.3 Å². The number of carbonyl (C=O) groups excluding carboxylic acids is 3. The third-order valence-electron chi connectivity index (χ3n) is 5.20. The van der Waals surface area contributed by atoms with Gasteiger partial charge in [-0.2, -0.15) is 0 Å². The number of aromatic hydroxyl groups is 1. The molecule has 33 heavy (non-hydrogen) atoms. The highest BCUT2D eigenvalue weighted by atomic mass is 16.6. The van der Waals surface area contributed by atoms with Crippen molar-refractivity contribution in [3.8, 4) is 5.75 Å². The number of aryl methyl sites for hydroxylation is 1. The van der Waals surface area contributed by atoms with Gasteiger partial charge < -0.3 is 25.4 Å². The quantitative estimate of drug-likeness (QED) is 0.454. The fourth-order valence-electron chi connectivity index (χ4n) is 3.38. The first kappa shape index (κ1) is 28.3. The molecule has 0 aliphatic carbocycles. The summed E-state index contributed by atoms with van der Waals surface area (Å²) in [5.74, 6) is -0.842. The molecule has 0 aliphatic rings. The highest BCUT2D eigenvalue weighted by Crippen LogP contribution is 2.26. The molecular weight excluding hydrogens is 422 g/mol. The van der Waals surface area contributed by atoms with Gasteiger partial charge in [-0.05, 0) is 63.3 Å². The fourth-order valence-corrected chi connectivity index (χ4v) is 3.38. The number of rotatable bonds is 10. The van der Waals surface area contributed by atoms with Crippen LogP contribution >= 0.6 is 0 Å². The highest BCUT2D eigenvalue weighted by molar-refractivity contribution is 5.92. The highest BCUT2D eigenvalue weighted by Gasteiger charge is 2.35. The lowest BCUT2D eigenvalue weighted by atomic mass is 9.98. The Bertz CT molecular complexity index is 817. The van der Waals surface area contributed by atoms with E-state index in [1.54, 1.807) is 46.9 Å². The topological polar surface area (TPSA) is 108 Å². The third kappa shape index (κ3) is 8.94. The van der Waals surface area contributed by atoms with E-state index >= 15 is 0 Å². The van der Waals surface area contributed by atoms with Crippen LogP contribution in [0.5, 0.6) is 5.75 Å². The monoisotopic (exact) mass is 463 g/mol. The molecule has 2 unspecified atom stereocenters. The zero-order valence-corrected chi connectivity index (χ0v) is 21.3. The number of phenols is 1. The molecule has 1 rings (SSSR count). The zero-order chi connectivity index (χ0) is 25.3. The molecule has 0 saturated heterocycles. The van der Waals surface area contributed by atoms with Gasteiger partial charge in [0, 0.05) is 13.6 Å². The van der Waals surface area contributed by atoms with Gasteiger partial charge in [-0.3, -0.25) is 9.59 Å². The fraction of sp³-hybridized carbons (Fsp3) is 0.640. The van der Waals surface area contributed by atoms with Crippen LogP contribution in [0.25, 0.3) is 0 Å². The molecule has 0 bridgehead atoms. The average molecular weight is 464 g/mol. The summed E-state index contributed by atoms with van der Waals surface area (Å²) in [5.41, 5.74) is 0.476. The van der Waals surface area contributed by atoms with Crippen LogP contribution in [0.15, 0.2) is 18.2 Å². The maximum Gasteiger partial charge on any atom is 0.408 e. The molecule has 1 aromatic carbocycles. The first-order valence-corrected chi connectivity index (χ1v) is 11.6. The molecule has 8 nitrogen and oxygen atoms in total.